The second-order valence-corrected chi connectivity index (χ2v) is 7.17. The van der Waals surface area contributed by atoms with Crippen molar-refractivity contribution in [3.05, 3.63) is 90.5 Å². The predicted molar refractivity (Wildman–Crippen MR) is 119 cm³/mol. The zero-order valence-corrected chi connectivity index (χ0v) is 16.8. The highest BCUT2D eigenvalue weighted by molar-refractivity contribution is 5.98. The number of Topliss-reactive ketones (excluding diaryl/α,β-unsaturated/α-hetero) is 1. The van der Waals surface area contributed by atoms with Gasteiger partial charge in [0, 0.05) is 28.5 Å². The molecule has 0 saturated carbocycles. The second kappa shape index (κ2) is 9.89. The first-order chi connectivity index (χ1) is 13.7. The van der Waals surface area contributed by atoms with E-state index < -0.39 is 0 Å². The molecule has 2 nitrogen and oxygen atoms in total. The van der Waals surface area contributed by atoms with Gasteiger partial charge in [0.25, 0.3) is 0 Å². The molecule has 0 heterocycles. The van der Waals surface area contributed by atoms with Crippen LogP contribution in [0.1, 0.15) is 49.9 Å². The molecular weight excluding hydrogens is 342 g/mol. The number of hydrogen-bond donors (Lipinski definition) is 0. The summed E-state index contributed by atoms with van der Waals surface area (Å²) in [6.07, 6.45) is 4.12. The average Bonchev–Trinajstić information content (AvgIpc) is 2.76. The second-order valence-electron chi connectivity index (χ2n) is 7.17. The Kier molecular flexibility index (Phi) is 7.02. The van der Waals surface area contributed by atoms with Gasteiger partial charge in [-0.3, -0.25) is 4.79 Å². The van der Waals surface area contributed by atoms with Gasteiger partial charge in [-0.15, -0.1) is 0 Å². The van der Waals surface area contributed by atoms with Crippen LogP contribution in [-0.4, -0.2) is 5.78 Å². The third-order valence-corrected chi connectivity index (χ3v) is 5.21. The third-order valence-electron chi connectivity index (χ3n) is 5.21. The third kappa shape index (κ3) is 4.69. The Bertz CT molecular complexity index is 816. The summed E-state index contributed by atoms with van der Waals surface area (Å²) in [7, 11) is 0. The van der Waals surface area contributed by atoms with Gasteiger partial charge in [-0.2, -0.15) is 0 Å². The maximum atomic E-state index is 12.9. The van der Waals surface area contributed by atoms with E-state index in [-0.39, 0.29) is 11.7 Å². The molecule has 0 bridgehead atoms. The monoisotopic (exact) mass is 371 g/mol. The van der Waals surface area contributed by atoms with E-state index in [9.17, 15) is 4.79 Å². The van der Waals surface area contributed by atoms with Crippen LogP contribution < -0.4 is 4.90 Å². The summed E-state index contributed by atoms with van der Waals surface area (Å²) in [6.45, 7) is 4.28. The number of anilines is 3. The van der Waals surface area contributed by atoms with Gasteiger partial charge < -0.3 is 4.90 Å². The van der Waals surface area contributed by atoms with Gasteiger partial charge in [-0.05, 0) is 61.4 Å². The number of benzene rings is 3. The first-order valence-electron chi connectivity index (χ1n) is 10.3. The summed E-state index contributed by atoms with van der Waals surface area (Å²) in [5.74, 6) is 0.402. The smallest absolute Gasteiger partial charge is 0.165 e. The Morgan fingerprint density at radius 1 is 0.750 bits per heavy atom. The van der Waals surface area contributed by atoms with Crippen molar-refractivity contribution < 1.29 is 4.79 Å². The van der Waals surface area contributed by atoms with Crippen LogP contribution in [0.25, 0.3) is 0 Å². The van der Waals surface area contributed by atoms with Crippen LogP contribution in [0.4, 0.5) is 17.1 Å². The van der Waals surface area contributed by atoms with Gasteiger partial charge >= 0.3 is 0 Å². The molecule has 3 rings (SSSR count). The van der Waals surface area contributed by atoms with E-state index in [2.05, 4.69) is 55.1 Å². The van der Waals surface area contributed by atoms with E-state index in [4.69, 9.17) is 0 Å². The molecule has 3 aromatic carbocycles. The molecule has 28 heavy (non-hydrogen) atoms. The van der Waals surface area contributed by atoms with Crippen LogP contribution in [0, 0.1) is 5.92 Å². The molecule has 0 aliphatic heterocycles. The molecule has 0 N–H and O–H groups in total. The van der Waals surface area contributed by atoms with Crippen molar-refractivity contribution in [1.82, 2.24) is 0 Å². The lowest BCUT2D eigenvalue weighted by atomic mass is 9.90. The standard InChI is InChI=1S/C26H29NO/c1-3-5-12-21(4-2)26(28)22-17-19-25(20-18-22)27(23-13-8-6-9-14-23)24-15-10-7-11-16-24/h6-11,13-21H,3-5,12H2,1-2H3. The van der Waals surface area contributed by atoms with E-state index >= 15 is 0 Å². The van der Waals surface area contributed by atoms with Crippen LogP contribution in [0.15, 0.2) is 84.9 Å². The minimum Gasteiger partial charge on any atom is -0.311 e. The fourth-order valence-electron chi connectivity index (χ4n) is 3.58. The first-order valence-corrected chi connectivity index (χ1v) is 10.3. The summed E-state index contributed by atoms with van der Waals surface area (Å²) < 4.78 is 0. The van der Waals surface area contributed by atoms with Crippen LogP contribution in [0.2, 0.25) is 0 Å². The lowest BCUT2D eigenvalue weighted by molar-refractivity contribution is 0.0908. The minimum atomic E-state index is 0.130. The Hall–Kier alpha value is -2.87. The van der Waals surface area contributed by atoms with Crippen molar-refractivity contribution in [3.8, 4) is 0 Å². The molecule has 0 saturated heterocycles. The van der Waals surface area contributed by atoms with Crippen molar-refractivity contribution in [3.63, 3.8) is 0 Å². The first kappa shape index (κ1) is 19.9. The van der Waals surface area contributed by atoms with Gasteiger partial charge in [-0.25, -0.2) is 0 Å². The average molecular weight is 372 g/mol. The summed E-state index contributed by atoms with van der Waals surface area (Å²) in [6, 6.07) is 28.7. The van der Waals surface area contributed by atoms with Gasteiger partial charge in [0.1, 0.15) is 0 Å². The fraction of sp³-hybridized carbons (Fsp3) is 0.269. The molecule has 0 aliphatic carbocycles. The SMILES string of the molecule is CCCCC(CC)C(=O)c1ccc(N(c2ccccc2)c2ccccc2)cc1. The molecule has 0 fully saturated rings. The fourth-order valence-corrected chi connectivity index (χ4v) is 3.58. The summed E-state index contributed by atoms with van der Waals surface area (Å²) >= 11 is 0. The summed E-state index contributed by atoms with van der Waals surface area (Å²) in [5, 5.41) is 0. The number of unbranched alkanes of at least 4 members (excludes halogenated alkanes) is 1. The lowest BCUT2D eigenvalue weighted by Gasteiger charge is -2.25. The molecule has 0 aromatic heterocycles. The van der Waals surface area contributed by atoms with E-state index in [1.54, 1.807) is 0 Å². The minimum absolute atomic E-state index is 0.130. The number of hydrogen-bond acceptors (Lipinski definition) is 2. The quantitative estimate of drug-likeness (QED) is 0.362. The molecular formula is C26H29NO. The maximum Gasteiger partial charge on any atom is 0.165 e. The van der Waals surface area contributed by atoms with Crippen molar-refractivity contribution in [2.75, 3.05) is 4.90 Å². The van der Waals surface area contributed by atoms with Crippen LogP contribution >= 0.6 is 0 Å². The van der Waals surface area contributed by atoms with Crippen molar-refractivity contribution in [2.24, 2.45) is 5.92 Å². The summed E-state index contributed by atoms with van der Waals surface area (Å²) in [4.78, 5) is 15.1. The Balaban J connectivity index is 1.90. The number of ketones is 1. The highest BCUT2D eigenvalue weighted by atomic mass is 16.1. The largest absolute Gasteiger partial charge is 0.311 e. The molecule has 1 unspecified atom stereocenters. The topological polar surface area (TPSA) is 20.3 Å². The van der Waals surface area contributed by atoms with Gasteiger partial charge in [0.05, 0.1) is 0 Å². The molecule has 1 atom stereocenters. The van der Waals surface area contributed by atoms with Crippen LogP contribution in [0.3, 0.4) is 0 Å². The number of para-hydroxylation sites is 2. The molecule has 0 radical (unpaired) electrons. The van der Waals surface area contributed by atoms with Crippen LogP contribution in [-0.2, 0) is 0 Å². The van der Waals surface area contributed by atoms with Gasteiger partial charge in [0.2, 0.25) is 0 Å². The Labute approximate surface area is 168 Å². The molecule has 2 heteroatoms. The van der Waals surface area contributed by atoms with Crippen molar-refractivity contribution in [1.29, 1.82) is 0 Å². The van der Waals surface area contributed by atoms with E-state index in [1.165, 1.54) is 0 Å². The van der Waals surface area contributed by atoms with E-state index in [0.717, 1.165) is 48.3 Å². The lowest BCUT2D eigenvalue weighted by Crippen LogP contribution is -2.15. The van der Waals surface area contributed by atoms with Crippen molar-refractivity contribution in [2.45, 2.75) is 39.5 Å². The van der Waals surface area contributed by atoms with E-state index in [0.29, 0.717) is 0 Å². The van der Waals surface area contributed by atoms with Crippen LogP contribution in [0.5, 0.6) is 0 Å². The maximum absolute atomic E-state index is 12.9. The highest BCUT2D eigenvalue weighted by Gasteiger charge is 2.18. The Morgan fingerprint density at radius 2 is 1.25 bits per heavy atom. The number of carbonyl (C=O) groups excluding carboxylic acids is 1. The molecule has 144 valence electrons. The molecule has 0 aliphatic rings. The number of carbonyl (C=O) groups is 1. The summed E-state index contributed by atoms with van der Waals surface area (Å²) in [5.41, 5.74) is 4.06. The zero-order valence-electron chi connectivity index (χ0n) is 16.8. The number of nitrogens with zero attached hydrogens (tertiary/aromatic N) is 1. The normalized spacial score (nSPS) is 11.8. The zero-order chi connectivity index (χ0) is 19.8. The van der Waals surface area contributed by atoms with E-state index in [1.807, 2.05) is 48.5 Å². The van der Waals surface area contributed by atoms with Gasteiger partial charge in [-0.1, -0.05) is 63.1 Å². The predicted octanol–water partition coefficient (Wildman–Crippen LogP) is 7.56. The molecule has 0 spiro atoms. The van der Waals surface area contributed by atoms with Crippen molar-refractivity contribution >= 4 is 22.8 Å². The number of rotatable bonds is 9. The highest BCUT2D eigenvalue weighted by Crippen LogP contribution is 2.34. The molecule has 0 amide bonds. The molecule has 3 aromatic rings. The Morgan fingerprint density at radius 3 is 1.71 bits per heavy atom. The van der Waals surface area contributed by atoms with Gasteiger partial charge in [0.15, 0.2) is 5.78 Å².